The lowest BCUT2D eigenvalue weighted by Crippen LogP contribution is -2.47. The Morgan fingerprint density at radius 1 is 1.09 bits per heavy atom. The van der Waals surface area contributed by atoms with Crippen molar-refractivity contribution < 1.29 is 17.9 Å². The molecule has 2 aliphatic rings. The number of rotatable bonds is 6. The Morgan fingerprint density at radius 3 is 2.36 bits per heavy atom. The molecule has 2 aliphatic heterocycles. The minimum atomic E-state index is -3.59. The Hall–Kier alpha value is -2.09. The van der Waals surface area contributed by atoms with Gasteiger partial charge in [-0.1, -0.05) is 43.6 Å². The Morgan fingerprint density at radius 2 is 1.73 bits per heavy atom. The Kier molecular flexibility index (Phi) is 7.03. The minimum Gasteiger partial charge on any atom is -0.487 e. The normalized spacial score (nSPS) is 21.1. The summed E-state index contributed by atoms with van der Waals surface area (Å²) in [5, 5.41) is 3.75. The zero-order valence-corrected chi connectivity index (χ0v) is 20.7. The predicted molar refractivity (Wildman–Crippen MR) is 129 cm³/mol. The zero-order valence-electron chi connectivity index (χ0n) is 19.1. The molecule has 1 atom stereocenters. The van der Waals surface area contributed by atoms with Crippen molar-refractivity contribution in [1.29, 1.82) is 0 Å². The lowest BCUT2D eigenvalue weighted by Gasteiger charge is -2.42. The number of carbonyl (C=O) groups excluding carboxylic acids is 1. The quantitative estimate of drug-likeness (QED) is 0.622. The smallest absolute Gasteiger partial charge is 0.243 e. The van der Waals surface area contributed by atoms with Crippen LogP contribution in [0.25, 0.3) is 0 Å². The van der Waals surface area contributed by atoms with Crippen LogP contribution >= 0.6 is 11.6 Å². The molecule has 0 radical (unpaired) electrons. The third kappa shape index (κ3) is 4.91. The molecule has 1 amide bonds. The van der Waals surface area contributed by atoms with Gasteiger partial charge in [0.15, 0.2) is 0 Å². The van der Waals surface area contributed by atoms with Gasteiger partial charge >= 0.3 is 0 Å². The van der Waals surface area contributed by atoms with Crippen LogP contribution in [0.15, 0.2) is 53.4 Å². The van der Waals surface area contributed by atoms with Gasteiger partial charge < -0.3 is 10.1 Å². The summed E-state index contributed by atoms with van der Waals surface area (Å²) in [6, 6.07) is 14.0. The van der Waals surface area contributed by atoms with E-state index in [4.69, 9.17) is 16.3 Å². The molecule has 0 bridgehead atoms. The lowest BCUT2D eigenvalue weighted by atomic mass is 9.83. The number of hydrogen-bond donors (Lipinski definition) is 1. The zero-order chi connectivity index (χ0) is 23.6. The number of benzene rings is 2. The monoisotopic (exact) mass is 490 g/mol. The van der Waals surface area contributed by atoms with Gasteiger partial charge in [-0.25, -0.2) is 8.42 Å². The molecule has 1 N–H and O–H groups in total. The number of para-hydroxylation sites is 1. The van der Waals surface area contributed by atoms with Crippen molar-refractivity contribution in [2.24, 2.45) is 5.92 Å². The third-order valence-corrected chi connectivity index (χ3v) is 9.24. The molecule has 178 valence electrons. The molecule has 6 nitrogen and oxygen atoms in total. The van der Waals surface area contributed by atoms with Crippen molar-refractivity contribution in [3.8, 4) is 5.75 Å². The van der Waals surface area contributed by atoms with Crippen molar-refractivity contribution in [3.63, 3.8) is 0 Å². The predicted octanol–water partition coefficient (Wildman–Crippen LogP) is 4.94. The Bertz CT molecular complexity index is 1090. The SMILES string of the molecule is CCC1(CC)C[C@H](NC(=O)C2CCN(S(=O)(=O)c3ccc(Cl)cc3)CC2)c2ccccc2O1. The van der Waals surface area contributed by atoms with Crippen LogP contribution < -0.4 is 10.1 Å². The summed E-state index contributed by atoms with van der Waals surface area (Å²) in [5.74, 6) is 0.609. The number of nitrogens with one attached hydrogen (secondary N) is 1. The molecular weight excluding hydrogens is 460 g/mol. The number of halogens is 1. The maximum absolute atomic E-state index is 13.2. The first-order valence-electron chi connectivity index (χ1n) is 11.6. The number of carbonyl (C=O) groups is 1. The van der Waals surface area contributed by atoms with Gasteiger partial charge in [0.25, 0.3) is 0 Å². The van der Waals surface area contributed by atoms with Gasteiger partial charge in [-0.3, -0.25) is 4.79 Å². The summed E-state index contributed by atoms with van der Waals surface area (Å²) in [4.78, 5) is 13.4. The van der Waals surface area contributed by atoms with Gasteiger partial charge in [-0.05, 0) is 56.0 Å². The van der Waals surface area contributed by atoms with E-state index in [1.165, 1.54) is 16.4 Å². The number of amides is 1. The first-order valence-corrected chi connectivity index (χ1v) is 13.4. The summed E-state index contributed by atoms with van der Waals surface area (Å²) in [5.41, 5.74) is 0.716. The molecular formula is C25H31ClN2O4S. The van der Waals surface area contributed by atoms with Crippen LogP contribution in [0.5, 0.6) is 5.75 Å². The molecule has 0 saturated carbocycles. The van der Waals surface area contributed by atoms with E-state index in [2.05, 4.69) is 19.2 Å². The highest BCUT2D eigenvalue weighted by Crippen LogP contribution is 2.42. The number of piperidine rings is 1. The second-order valence-corrected chi connectivity index (χ2v) is 11.3. The molecule has 2 heterocycles. The standard InChI is InChI=1S/C25H31ClN2O4S/c1-3-25(4-2)17-22(21-7-5-6-8-23(21)32-25)27-24(29)18-13-15-28(16-14-18)33(30,31)20-11-9-19(26)10-12-20/h5-12,18,22H,3-4,13-17H2,1-2H3,(H,27,29)/t22-/m0/s1. The number of ether oxygens (including phenoxy) is 1. The summed E-state index contributed by atoms with van der Waals surface area (Å²) in [7, 11) is -3.59. The highest BCUT2D eigenvalue weighted by molar-refractivity contribution is 7.89. The lowest BCUT2D eigenvalue weighted by molar-refractivity contribution is -0.127. The Balaban J connectivity index is 1.42. The third-order valence-electron chi connectivity index (χ3n) is 7.08. The van der Waals surface area contributed by atoms with Crippen LogP contribution in [-0.4, -0.2) is 37.3 Å². The Labute approximate surface area is 201 Å². The first-order chi connectivity index (χ1) is 15.8. The summed E-state index contributed by atoms with van der Waals surface area (Å²) >= 11 is 5.89. The van der Waals surface area contributed by atoms with Gasteiger partial charge in [-0.2, -0.15) is 4.31 Å². The second kappa shape index (κ2) is 9.65. The number of hydrogen-bond acceptors (Lipinski definition) is 4. The van der Waals surface area contributed by atoms with Crippen LogP contribution in [0.3, 0.4) is 0 Å². The van der Waals surface area contributed by atoms with E-state index in [-0.39, 0.29) is 28.4 Å². The van der Waals surface area contributed by atoms with E-state index in [9.17, 15) is 13.2 Å². The topological polar surface area (TPSA) is 75.7 Å². The van der Waals surface area contributed by atoms with E-state index >= 15 is 0 Å². The van der Waals surface area contributed by atoms with Crippen LogP contribution in [-0.2, 0) is 14.8 Å². The molecule has 0 aromatic heterocycles. The summed E-state index contributed by atoms with van der Waals surface area (Å²) in [6.07, 6.45) is 3.45. The van der Waals surface area contributed by atoms with Crippen molar-refractivity contribution in [1.82, 2.24) is 9.62 Å². The second-order valence-electron chi connectivity index (χ2n) is 8.93. The number of sulfonamides is 1. The van der Waals surface area contributed by atoms with E-state index < -0.39 is 10.0 Å². The molecule has 2 aromatic rings. The molecule has 0 spiro atoms. The average Bonchev–Trinajstić information content (AvgIpc) is 2.84. The maximum atomic E-state index is 13.2. The largest absolute Gasteiger partial charge is 0.487 e. The van der Waals surface area contributed by atoms with Gasteiger partial charge in [0, 0.05) is 36.0 Å². The molecule has 0 aliphatic carbocycles. The summed E-state index contributed by atoms with van der Waals surface area (Å²) in [6.45, 7) is 4.88. The highest BCUT2D eigenvalue weighted by atomic mass is 35.5. The fraction of sp³-hybridized carbons (Fsp3) is 0.480. The fourth-order valence-electron chi connectivity index (χ4n) is 4.83. The van der Waals surface area contributed by atoms with Crippen LogP contribution in [0, 0.1) is 5.92 Å². The maximum Gasteiger partial charge on any atom is 0.243 e. The molecule has 33 heavy (non-hydrogen) atoms. The fourth-order valence-corrected chi connectivity index (χ4v) is 6.43. The van der Waals surface area contributed by atoms with Crippen molar-refractivity contribution in [2.45, 2.75) is 62.5 Å². The highest BCUT2D eigenvalue weighted by Gasteiger charge is 2.40. The minimum absolute atomic E-state index is 0.0126. The van der Waals surface area contributed by atoms with E-state index in [0.29, 0.717) is 31.0 Å². The summed E-state index contributed by atoms with van der Waals surface area (Å²) < 4.78 is 33.7. The molecule has 8 heteroatoms. The van der Waals surface area contributed by atoms with Gasteiger partial charge in [0.2, 0.25) is 15.9 Å². The van der Waals surface area contributed by atoms with E-state index in [1.807, 2.05) is 24.3 Å². The van der Waals surface area contributed by atoms with Crippen LogP contribution in [0.4, 0.5) is 0 Å². The molecule has 0 unspecified atom stereocenters. The van der Waals surface area contributed by atoms with Gasteiger partial charge in [0.1, 0.15) is 11.4 Å². The van der Waals surface area contributed by atoms with Crippen molar-refractivity contribution in [2.75, 3.05) is 13.1 Å². The first kappa shape index (κ1) is 24.0. The average molecular weight is 491 g/mol. The van der Waals surface area contributed by atoms with Crippen molar-refractivity contribution >= 4 is 27.5 Å². The molecule has 1 fully saturated rings. The van der Waals surface area contributed by atoms with Gasteiger partial charge in [-0.15, -0.1) is 0 Å². The van der Waals surface area contributed by atoms with Crippen LogP contribution in [0.2, 0.25) is 5.02 Å². The number of nitrogens with zero attached hydrogens (tertiary/aromatic N) is 1. The molecule has 4 rings (SSSR count). The van der Waals surface area contributed by atoms with E-state index in [0.717, 1.165) is 30.6 Å². The van der Waals surface area contributed by atoms with Crippen molar-refractivity contribution in [3.05, 3.63) is 59.1 Å². The number of fused-ring (bicyclic) bond motifs is 1. The van der Waals surface area contributed by atoms with Crippen LogP contribution in [0.1, 0.15) is 57.6 Å². The van der Waals surface area contributed by atoms with E-state index in [1.54, 1.807) is 12.1 Å². The molecule has 2 aromatic carbocycles. The molecule has 1 saturated heterocycles. The van der Waals surface area contributed by atoms with Gasteiger partial charge in [0.05, 0.1) is 10.9 Å².